The van der Waals surface area contributed by atoms with E-state index in [1.54, 1.807) is 21.9 Å². The van der Waals surface area contributed by atoms with Crippen molar-refractivity contribution in [3.63, 3.8) is 0 Å². The summed E-state index contributed by atoms with van der Waals surface area (Å²) in [5.41, 5.74) is 1.74. The third-order valence-corrected chi connectivity index (χ3v) is 3.31. The highest BCUT2D eigenvalue weighted by Crippen LogP contribution is 2.25. The third kappa shape index (κ3) is 2.98. The van der Waals surface area contributed by atoms with Crippen molar-refractivity contribution in [2.24, 2.45) is 0 Å². The number of carbonyl (C=O) groups is 1. The minimum absolute atomic E-state index is 0.0282. The number of phenolic OH excluding ortho intramolecular Hbond substituents is 1. The average Bonchev–Trinajstić information content (AvgIpc) is 2.44. The lowest BCUT2D eigenvalue weighted by Crippen LogP contribution is -2.48. The molecule has 0 spiro atoms. The summed E-state index contributed by atoms with van der Waals surface area (Å²) < 4.78 is 5.26. The van der Waals surface area contributed by atoms with E-state index < -0.39 is 0 Å². The molecule has 1 fully saturated rings. The van der Waals surface area contributed by atoms with Crippen LogP contribution in [0.25, 0.3) is 0 Å². The van der Waals surface area contributed by atoms with E-state index in [1.807, 2.05) is 19.9 Å². The fraction of sp³-hybridized carbons (Fsp3) is 0.500. The monoisotopic (exact) mass is 264 g/mol. The molecule has 1 aromatic rings. The number of morpholine rings is 1. The number of ether oxygens (including phenoxy) is 1. The smallest absolute Gasteiger partial charge is 0.324 e. The molecule has 5 heteroatoms. The second kappa shape index (κ2) is 5.93. The predicted molar refractivity (Wildman–Crippen MR) is 73.7 cm³/mol. The SMILES string of the molecule is CCN(C(=O)N1CCOCC1)c1cc(O)ccc1C. The van der Waals surface area contributed by atoms with E-state index in [0.29, 0.717) is 32.8 Å². The summed E-state index contributed by atoms with van der Waals surface area (Å²) in [6.45, 7) is 6.84. The highest BCUT2D eigenvalue weighted by Gasteiger charge is 2.24. The van der Waals surface area contributed by atoms with E-state index in [-0.39, 0.29) is 11.8 Å². The molecule has 0 bridgehead atoms. The lowest BCUT2D eigenvalue weighted by atomic mass is 10.1. The highest BCUT2D eigenvalue weighted by atomic mass is 16.5. The number of amides is 2. The Labute approximate surface area is 113 Å². The van der Waals surface area contributed by atoms with Crippen LogP contribution in [0.2, 0.25) is 0 Å². The fourth-order valence-electron chi connectivity index (χ4n) is 2.22. The Balaban J connectivity index is 2.23. The first-order valence-electron chi connectivity index (χ1n) is 6.57. The number of hydrogen-bond acceptors (Lipinski definition) is 3. The molecule has 2 amide bonds. The van der Waals surface area contributed by atoms with Crippen LogP contribution in [0.4, 0.5) is 10.5 Å². The summed E-state index contributed by atoms with van der Waals surface area (Å²) in [7, 11) is 0. The van der Waals surface area contributed by atoms with Gasteiger partial charge in [0.25, 0.3) is 0 Å². The molecule has 19 heavy (non-hydrogen) atoms. The quantitative estimate of drug-likeness (QED) is 0.888. The molecule has 104 valence electrons. The van der Waals surface area contributed by atoms with E-state index in [4.69, 9.17) is 4.74 Å². The summed E-state index contributed by atoms with van der Waals surface area (Å²) >= 11 is 0. The number of hydrogen-bond donors (Lipinski definition) is 1. The molecular formula is C14H20N2O3. The van der Waals surface area contributed by atoms with Crippen LogP contribution in [0.3, 0.4) is 0 Å². The maximum absolute atomic E-state index is 12.5. The molecule has 1 aliphatic heterocycles. The summed E-state index contributed by atoms with van der Waals surface area (Å²) in [5, 5.41) is 9.60. The van der Waals surface area contributed by atoms with Gasteiger partial charge in [0, 0.05) is 25.7 Å². The van der Waals surface area contributed by atoms with Gasteiger partial charge in [0.2, 0.25) is 0 Å². The highest BCUT2D eigenvalue weighted by molar-refractivity contribution is 5.93. The third-order valence-electron chi connectivity index (χ3n) is 3.31. The summed E-state index contributed by atoms with van der Waals surface area (Å²) in [4.78, 5) is 16.0. The first-order valence-corrected chi connectivity index (χ1v) is 6.57. The van der Waals surface area contributed by atoms with Gasteiger partial charge in [-0.05, 0) is 25.5 Å². The first-order chi connectivity index (χ1) is 9.13. The number of phenols is 1. The van der Waals surface area contributed by atoms with E-state index in [9.17, 15) is 9.90 Å². The van der Waals surface area contributed by atoms with Crippen LogP contribution in [0.5, 0.6) is 5.75 Å². The predicted octanol–water partition coefficient (Wildman–Crippen LogP) is 1.98. The summed E-state index contributed by atoms with van der Waals surface area (Å²) in [5.74, 6) is 0.175. The Morgan fingerprint density at radius 3 is 2.74 bits per heavy atom. The number of benzene rings is 1. The summed E-state index contributed by atoms with van der Waals surface area (Å²) in [6.07, 6.45) is 0. The fourth-order valence-corrected chi connectivity index (χ4v) is 2.22. The summed E-state index contributed by atoms with van der Waals surface area (Å²) in [6, 6.07) is 5.06. The molecule has 1 saturated heterocycles. The van der Waals surface area contributed by atoms with Gasteiger partial charge in [0.15, 0.2) is 0 Å². The number of nitrogens with zero attached hydrogens (tertiary/aromatic N) is 2. The van der Waals surface area contributed by atoms with Crippen molar-refractivity contribution < 1.29 is 14.6 Å². The van der Waals surface area contributed by atoms with Gasteiger partial charge in [-0.3, -0.25) is 4.90 Å². The van der Waals surface area contributed by atoms with Gasteiger partial charge in [-0.25, -0.2) is 4.79 Å². The molecular weight excluding hydrogens is 244 g/mol. The van der Waals surface area contributed by atoms with Crippen LogP contribution in [0, 0.1) is 6.92 Å². The molecule has 1 aromatic carbocycles. The largest absolute Gasteiger partial charge is 0.508 e. The van der Waals surface area contributed by atoms with Crippen molar-refractivity contribution in [3.8, 4) is 5.75 Å². The lowest BCUT2D eigenvalue weighted by molar-refractivity contribution is 0.0549. The van der Waals surface area contributed by atoms with E-state index in [0.717, 1.165) is 11.3 Å². The average molecular weight is 264 g/mol. The van der Waals surface area contributed by atoms with Gasteiger partial charge < -0.3 is 14.7 Å². The molecule has 2 rings (SSSR count). The van der Waals surface area contributed by atoms with Crippen molar-refractivity contribution >= 4 is 11.7 Å². The number of aromatic hydroxyl groups is 1. The van der Waals surface area contributed by atoms with Gasteiger partial charge in [-0.15, -0.1) is 0 Å². The molecule has 0 unspecified atom stereocenters. The van der Waals surface area contributed by atoms with Gasteiger partial charge in [-0.1, -0.05) is 6.07 Å². The molecule has 0 radical (unpaired) electrons. The van der Waals surface area contributed by atoms with Crippen molar-refractivity contribution in [2.45, 2.75) is 13.8 Å². The maximum atomic E-state index is 12.5. The van der Waals surface area contributed by atoms with Crippen LogP contribution in [0.1, 0.15) is 12.5 Å². The minimum Gasteiger partial charge on any atom is -0.508 e. The number of urea groups is 1. The van der Waals surface area contributed by atoms with E-state index >= 15 is 0 Å². The van der Waals surface area contributed by atoms with Crippen LogP contribution in [-0.4, -0.2) is 48.9 Å². The Kier molecular flexibility index (Phi) is 4.27. The molecule has 1 aliphatic rings. The van der Waals surface area contributed by atoms with Crippen LogP contribution in [0.15, 0.2) is 18.2 Å². The Hall–Kier alpha value is -1.75. The topological polar surface area (TPSA) is 53.0 Å². The van der Waals surface area contributed by atoms with E-state index in [1.165, 1.54) is 0 Å². The number of anilines is 1. The Morgan fingerprint density at radius 1 is 1.42 bits per heavy atom. The van der Waals surface area contributed by atoms with Crippen molar-refractivity contribution in [1.82, 2.24) is 4.90 Å². The molecule has 1 N–H and O–H groups in total. The lowest BCUT2D eigenvalue weighted by Gasteiger charge is -2.33. The molecule has 0 aliphatic carbocycles. The standard InChI is InChI=1S/C14H20N2O3/c1-3-16(13-10-12(17)5-4-11(13)2)14(18)15-6-8-19-9-7-15/h4-5,10,17H,3,6-9H2,1-2H3. The zero-order chi connectivity index (χ0) is 13.8. The molecule has 1 heterocycles. The Bertz CT molecular complexity index is 456. The van der Waals surface area contributed by atoms with Crippen LogP contribution >= 0.6 is 0 Å². The minimum atomic E-state index is -0.0282. The zero-order valence-corrected chi connectivity index (χ0v) is 11.4. The molecule has 0 saturated carbocycles. The zero-order valence-electron chi connectivity index (χ0n) is 11.4. The first kappa shape index (κ1) is 13.7. The van der Waals surface area contributed by atoms with Crippen LogP contribution < -0.4 is 4.90 Å². The van der Waals surface area contributed by atoms with Crippen molar-refractivity contribution in [3.05, 3.63) is 23.8 Å². The Morgan fingerprint density at radius 2 is 2.11 bits per heavy atom. The van der Waals surface area contributed by atoms with Gasteiger partial charge in [0.1, 0.15) is 5.75 Å². The molecule has 5 nitrogen and oxygen atoms in total. The number of aryl methyl sites for hydroxylation is 1. The molecule has 0 atom stereocenters. The van der Waals surface area contributed by atoms with Gasteiger partial charge in [-0.2, -0.15) is 0 Å². The number of carbonyl (C=O) groups excluding carboxylic acids is 1. The van der Waals surface area contributed by atoms with Crippen LogP contribution in [-0.2, 0) is 4.74 Å². The van der Waals surface area contributed by atoms with Gasteiger partial charge >= 0.3 is 6.03 Å². The second-order valence-corrected chi connectivity index (χ2v) is 4.60. The normalized spacial score (nSPS) is 15.4. The molecule has 0 aromatic heterocycles. The van der Waals surface area contributed by atoms with Gasteiger partial charge in [0.05, 0.1) is 18.9 Å². The van der Waals surface area contributed by atoms with Crippen molar-refractivity contribution in [2.75, 3.05) is 37.7 Å². The second-order valence-electron chi connectivity index (χ2n) is 4.60. The maximum Gasteiger partial charge on any atom is 0.324 e. The van der Waals surface area contributed by atoms with Crippen molar-refractivity contribution in [1.29, 1.82) is 0 Å². The van der Waals surface area contributed by atoms with E-state index in [2.05, 4.69) is 0 Å². The number of rotatable bonds is 2.